The van der Waals surface area contributed by atoms with Crippen molar-refractivity contribution in [2.45, 2.75) is 33.0 Å². The third-order valence-corrected chi connectivity index (χ3v) is 4.76. The van der Waals surface area contributed by atoms with Crippen LogP contribution in [0.5, 0.6) is 17.2 Å². The molecule has 5 nitrogen and oxygen atoms in total. The van der Waals surface area contributed by atoms with Crippen LogP contribution in [0.25, 0.3) is 0 Å². The van der Waals surface area contributed by atoms with E-state index in [0.717, 1.165) is 16.9 Å². The molecule has 2 atom stereocenters. The van der Waals surface area contributed by atoms with Crippen molar-refractivity contribution < 1.29 is 19.0 Å². The number of hydrogen-bond donors (Lipinski definition) is 1. The molecule has 2 aromatic rings. The van der Waals surface area contributed by atoms with Crippen LogP contribution in [0.2, 0.25) is 5.02 Å². The second kappa shape index (κ2) is 7.87. The Morgan fingerprint density at radius 2 is 1.92 bits per heavy atom. The summed E-state index contributed by atoms with van der Waals surface area (Å²) in [5.74, 6) is 1.82. The molecule has 0 fully saturated rings. The topological polar surface area (TPSA) is 56.8 Å². The van der Waals surface area contributed by atoms with Crippen molar-refractivity contribution in [2.75, 3.05) is 13.2 Å². The molecule has 1 aliphatic heterocycles. The quantitative estimate of drug-likeness (QED) is 0.866. The molecule has 0 saturated heterocycles. The Balaban J connectivity index is 1.52. The highest BCUT2D eigenvalue weighted by molar-refractivity contribution is 6.32. The molecule has 0 saturated carbocycles. The van der Waals surface area contributed by atoms with Crippen molar-refractivity contribution >= 4 is 17.5 Å². The van der Waals surface area contributed by atoms with E-state index in [1.165, 1.54) is 0 Å². The number of hydrogen-bond acceptors (Lipinski definition) is 4. The van der Waals surface area contributed by atoms with Crippen molar-refractivity contribution in [3.63, 3.8) is 0 Å². The molecule has 6 heteroatoms. The predicted molar refractivity (Wildman–Crippen MR) is 100 cm³/mol. The van der Waals surface area contributed by atoms with E-state index in [9.17, 15) is 4.79 Å². The number of halogens is 1. The summed E-state index contributed by atoms with van der Waals surface area (Å²) < 4.78 is 17.2. The monoisotopic (exact) mass is 375 g/mol. The zero-order chi connectivity index (χ0) is 18.7. The predicted octanol–water partition coefficient (Wildman–Crippen LogP) is 3.68. The smallest absolute Gasteiger partial charge is 0.260 e. The highest BCUT2D eigenvalue weighted by Crippen LogP contribution is 2.30. The Morgan fingerprint density at radius 1 is 1.27 bits per heavy atom. The van der Waals surface area contributed by atoms with Gasteiger partial charge < -0.3 is 19.5 Å². The van der Waals surface area contributed by atoms with Gasteiger partial charge in [0, 0.05) is 5.02 Å². The Morgan fingerprint density at radius 3 is 2.62 bits per heavy atom. The highest BCUT2D eigenvalue weighted by atomic mass is 35.5. The van der Waals surface area contributed by atoms with E-state index in [4.69, 9.17) is 25.8 Å². The minimum absolute atomic E-state index is 0.210. The van der Waals surface area contributed by atoms with Crippen LogP contribution in [0, 0.1) is 13.8 Å². The number of aryl methyl sites for hydroxylation is 2. The molecule has 1 aliphatic rings. The van der Waals surface area contributed by atoms with E-state index in [0.29, 0.717) is 29.7 Å². The molecule has 1 amide bonds. The first-order chi connectivity index (χ1) is 12.4. The van der Waals surface area contributed by atoms with Crippen molar-refractivity contribution in [3.05, 3.63) is 52.5 Å². The molecule has 2 aromatic carbocycles. The summed E-state index contributed by atoms with van der Waals surface area (Å²) in [5.41, 5.74) is 1.83. The van der Waals surface area contributed by atoms with Gasteiger partial charge in [0.25, 0.3) is 5.91 Å². The van der Waals surface area contributed by atoms with E-state index in [2.05, 4.69) is 5.32 Å². The maximum absolute atomic E-state index is 12.3. The lowest BCUT2D eigenvalue weighted by Gasteiger charge is -2.27. The third-order valence-electron chi connectivity index (χ3n) is 4.16. The van der Waals surface area contributed by atoms with E-state index in [1.807, 2.05) is 50.2 Å². The molecule has 26 heavy (non-hydrogen) atoms. The minimum atomic E-state index is -0.633. The van der Waals surface area contributed by atoms with Crippen molar-refractivity contribution in [2.24, 2.45) is 0 Å². The van der Waals surface area contributed by atoms with Gasteiger partial charge in [-0.15, -0.1) is 0 Å². The number of ether oxygens (including phenoxy) is 3. The normalized spacial score (nSPS) is 16.7. The molecule has 0 unspecified atom stereocenters. The Hall–Kier alpha value is -2.40. The molecule has 0 bridgehead atoms. The molecule has 1 heterocycles. The summed E-state index contributed by atoms with van der Waals surface area (Å²) in [6.45, 7) is 6.26. The Labute approximate surface area is 158 Å². The van der Waals surface area contributed by atoms with Gasteiger partial charge in [0.05, 0.1) is 6.54 Å². The van der Waals surface area contributed by atoms with Gasteiger partial charge in [0.2, 0.25) is 0 Å². The number of para-hydroxylation sites is 2. The van der Waals surface area contributed by atoms with Gasteiger partial charge in [-0.1, -0.05) is 23.7 Å². The van der Waals surface area contributed by atoms with E-state index in [1.54, 1.807) is 6.92 Å². The number of benzene rings is 2. The summed E-state index contributed by atoms with van der Waals surface area (Å²) in [7, 11) is 0. The van der Waals surface area contributed by atoms with Gasteiger partial charge >= 0.3 is 0 Å². The number of carbonyl (C=O) groups excluding carboxylic acids is 1. The summed E-state index contributed by atoms with van der Waals surface area (Å²) in [6, 6.07) is 11.1. The molecule has 1 N–H and O–H groups in total. The van der Waals surface area contributed by atoms with Crippen LogP contribution in [0.4, 0.5) is 0 Å². The summed E-state index contributed by atoms with van der Waals surface area (Å²) in [5, 5.41) is 3.56. The average molecular weight is 376 g/mol. The highest BCUT2D eigenvalue weighted by Gasteiger charge is 2.23. The molecule has 0 radical (unpaired) electrons. The number of amides is 1. The lowest BCUT2D eigenvalue weighted by Crippen LogP contribution is -2.44. The molecular formula is C20H22ClNO4. The zero-order valence-corrected chi connectivity index (χ0v) is 15.8. The van der Waals surface area contributed by atoms with Crippen LogP contribution in [0.1, 0.15) is 18.1 Å². The van der Waals surface area contributed by atoms with Gasteiger partial charge in [-0.3, -0.25) is 4.79 Å². The van der Waals surface area contributed by atoms with Crippen LogP contribution < -0.4 is 19.5 Å². The van der Waals surface area contributed by atoms with Crippen molar-refractivity contribution in [1.82, 2.24) is 5.32 Å². The fraction of sp³-hybridized carbons (Fsp3) is 0.350. The van der Waals surface area contributed by atoms with Gasteiger partial charge in [-0.2, -0.15) is 0 Å². The second-order valence-corrected chi connectivity index (χ2v) is 6.75. The number of rotatable bonds is 5. The first kappa shape index (κ1) is 18.4. The zero-order valence-electron chi connectivity index (χ0n) is 15.0. The van der Waals surface area contributed by atoms with Crippen molar-refractivity contribution in [1.29, 1.82) is 0 Å². The van der Waals surface area contributed by atoms with Gasteiger partial charge in [0.1, 0.15) is 18.5 Å². The summed E-state index contributed by atoms with van der Waals surface area (Å²) in [4.78, 5) is 12.3. The Bertz CT molecular complexity index is 785. The average Bonchev–Trinajstić information content (AvgIpc) is 2.63. The third kappa shape index (κ3) is 4.22. The number of fused-ring (bicyclic) bond motifs is 1. The van der Waals surface area contributed by atoms with E-state index < -0.39 is 6.10 Å². The van der Waals surface area contributed by atoms with Crippen molar-refractivity contribution in [3.8, 4) is 17.2 Å². The summed E-state index contributed by atoms with van der Waals surface area (Å²) in [6.07, 6.45) is -0.868. The standard InChI is InChI=1S/C20H22ClNO4/c1-12-8-15(9-13(2)19(12)21)25-14(3)20(23)22-10-16-11-24-17-6-4-5-7-18(17)26-16/h4-9,14,16H,10-11H2,1-3H3,(H,22,23)/t14-,16+/m0/s1. The van der Waals surface area contributed by atoms with E-state index >= 15 is 0 Å². The lowest BCUT2D eigenvalue weighted by molar-refractivity contribution is -0.127. The van der Waals surface area contributed by atoms with Gasteiger partial charge in [-0.25, -0.2) is 0 Å². The number of carbonyl (C=O) groups is 1. The molecule has 0 aliphatic carbocycles. The largest absolute Gasteiger partial charge is 0.486 e. The van der Waals surface area contributed by atoms with Crippen LogP contribution in [0.15, 0.2) is 36.4 Å². The van der Waals surface area contributed by atoms with E-state index in [-0.39, 0.29) is 12.0 Å². The molecule has 0 aromatic heterocycles. The maximum Gasteiger partial charge on any atom is 0.260 e. The minimum Gasteiger partial charge on any atom is -0.486 e. The molecule has 0 spiro atoms. The van der Waals surface area contributed by atoms with Gasteiger partial charge in [-0.05, 0) is 56.2 Å². The first-order valence-electron chi connectivity index (χ1n) is 8.53. The van der Waals surface area contributed by atoms with Crippen LogP contribution in [0.3, 0.4) is 0 Å². The van der Waals surface area contributed by atoms with Gasteiger partial charge in [0.15, 0.2) is 17.6 Å². The number of nitrogens with one attached hydrogen (secondary N) is 1. The Kier molecular flexibility index (Phi) is 5.57. The van der Waals surface area contributed by atoms with Crippen LogP contribution in [-0.2, 0) is 4.79 Å². The first-order valence-corrected chi connectivity index (χ1v) is 8.91. The molecule has 138 valence electrons. The van der Waals surface area contributed by atoms with Crippen LogP contribution in [-0.4, -0.2) is 31.3 Å². The molecular weight excluding hydrogens is 354 g/mol. The lowest BCUT2D eigenvalue weighted by atomic mass is 10.1. The van der Waals surface area contributed by atoms with Crippen LogP contribution >= 0.6 is 11.6 Å². The maximum atomic E-state index is 12.3. The molecule has 3 rings (SSSR count). The summed E-state index contributed by atoms with van der Waals surface area (Å²) >= 11 is 6.16. The SMILES string of the molecule is Cc1cc(O[C@@H](C)C(=O)NC[C@@H]2COc3ccccc3O2)cc(C)c1Cl. The fourth-order valence-electron chi connectivity index (χ4n) is 2.75. The fourth-order valence-corrected chi connectivity index (χ4v) is 2.86. The second-order valence-electron chi connectivity index (χ2n) is 6.37.